The second-order valence-electron chi connectivity index (χ2n) is 7.76. The summed E-state index contributed by atoms with van der Waals surface area (Å²) in [5, 5.41) is 12.7. The number of para-hydroxylation sites is 1. The van der Waals surface area contributed by atoms with Crippen LogP contribution in [0.15, 0.2) is 48.0 Å². The maximum absolute atomic E-state index is 12.7. The monoisotopic (exact) mass is 421 g/mol. The molecule has 0 fully saturated rings. The Morgan fingerprint density at radius 2 is 2.00 bits per heavy atom. The Morgan fingerprint density at radius 1 is 1.30 bits per heavy atom. The number of ether oxygens (including phenoxy) is 1. The molecule has 2 aromatic carbocycles. The highest BCUT2D eigenvalue weighted by atomic mass is 35.5. The molecule has 154 valence electrons. The van der Waals surface area contributed by atoms with Gasteiger partial charge >= 0.3 is 0 Å². The van der Waals surface area contributed by atoms with Crippen LogP contribution in [-0.2, 0) is 4.79 Å². The number of carbonyl (C=O) groups is 1. The van der Waals surface area contributed by atoms with Gasteiger partial charge in [-0.1, -0.05) is 29.8 Å². The molecule has 0 radical (unpaired) electrons. The molecule has 0 unspecified atom stereocenters. The highest BCUT2D eigenvalue weighted by molar-refractivity contribution is 6.34. The number of nitriles is 1. The number of methoxy groups -OCH3 is 1. The van der Waals surface area contributed by atoms with Crippen LogP contribution >= 0.6 is 11.6 Å². The minimum atomic E-state index is -0.532. The lowest BCUT2D eigenvalue weighted by atomic mass is 9.88. The van der Waals surface area contributed by atoms with Crippen LogP contribution in [0.2, 0.25) is 5.02 Å². The van der Waals surface area contributed by atoms with Gasteiger partial charge in [-0.2, -0.15) is 5.26 Å². The van der Waals surface area contributed by atoms with E-state index in [2.05, 4.69) is 37.1 Å². The van der Waals surface area contributed by atoms with Gasteiger partial charge in [0, 0.05) is 29.9 Å². The lowest BCUT2D eigenvalue weighted by Crippen LogP contribution is -2.42. The Hall–Kier alpha value is -3.23. The number of halogens is 1. The zero-order chi connectivity index (χ0) is 22.1. The van der Waals surface area contributed by atoms with Crippen LogP contribution < -0.4 is 15.0 Å². The standard InChI is InChI=1S/C24H24ClN3O2/c1-15-13-24(2,3)28(4)21-12-22(30-5)16(11-18(15)21)10-17(14-26)23(29)27-20-9-7-6-8-19(20)25/h6-13H,1-5H3,(H,27,29)/b17-10+. The molecule has 5 nitrogen and oxygen atoms in total. The number of hydrogen-bond donors (Lipinski definition) is 1. The maximum atomic E-state index is 12.7. The van der Waals surface area contributed by atoms with Crippen LogP contribution in [0.25, 0.3) is 11.6 Å². The van der Waals surface area contributed by atoms with Crippen molar-refractivity contribution in [1.82, 2.24) is 0 Å². The molecular weight excluding hydrogens is 398 g/mol. The molecule has 30 heavy (non-hydrogen) atoms. The second kappa shape index (κ2) is 8.25. The molecule has 0 saturated carbocycles. The first-order valence-corrected chi connectivity index (χ1v) is 9.89. The lowest BCUT2D eigenvalue weighted by Gasteiger charge is -2.41. The molecule has 1 heterocycles. The second-order valence-corrected chi connectivity index (χ2v) is 8.16. The molecule has 3 rings (SSSR count). The summed E-state index contributed by atoms with van der Waals surface area (Å²) in [6, 6.07) is 12.8. The first kappa shape index (κ1) is 21.5. The SMILES string of the molecule is COc1cc2c(cc1/C=C(\C#N)C(=O)Nc1ccccc1Cl)C(C)=CC(C)(C)N2C. The Labute approximate surface area is 182 Å². The van der Waals surface area contributed by atoms with Crippen molar-refractivity contribution in [3.63, 3.8) is 0 Å². The van der Waals surface area contributed by atoms with Crippen LogP contribution in [0.3, 0.4) is 0 Å². The van der Waals surface area contributed by atoms with Crippen LogP contribution in [0, 0.1) is 11.3 Å². The van der Waals surface area contributed by atoms with Crippen molar-refractivity contribution in [3.8, 4) is 11.8 Å². The van der Waals surface area contributed by atoms with Crippen molar-refractivity contribution in [2.45, 2.75) is 26.3 Å². The third-order valence-corrected chi connectivity index (χ3v) is 5.68. The number of likely N-dealkylation sites (N-methyl/N-ethyl adjacent to an activating group) is 1. The summed E-state index contributed by atoms with van der Waals surface area (Å²) >= 11 is 6.11. The van der Waals surface area contributed by atoms with Gasteiger partial charge in [0.2, 0.25) is 0 Å². The number of rotatable bonds is 4. The van der Waals surface area contributed by atoms with Crippen molar-refractivity contribution in [3.05, 3.63) is 64.2 Å². The Morgan fingerprint density at radius 3 is 2.63 bits per heavy atom. The van der Waals surface area contributed by atoms with E-state index in [0.717, 1.165) is 16.8 Å². The van der Waals surface area contributed by atoms with Gasteiger partial charge in [0.1, 0.15) is 17.4 Å². The molecule has 1 amide bonds. The summed E-state index contributed by atoms with van der Waals surface area (Å²) in [5.74, 6) is 0.0558. The third-order valence-electron chi connectivity index (χ3n) is 5.36. The fourth-order valence-electron chi connectivity index (χ4n) is 3.54. The number of amides is 1. The van der Waals surface area contributed by atoms with E-state index in [1.165, 1.54) is 0 Å². The number of hydrogen-bond acceptors (Lipinski definition) is 4. The van der Waals surface area contributed by atoms with Gasteiger partial charge < -0.3 is 15.0 Å². The molecular formula is C24H24ClN3O2. The van der Waals surface area contributed by atoms with E-state index < -0.39 is 5.91 Å². The quantitative estimate of drug-likeness (QED) is 0.521. The molecule has 2 aromatic rings. The molecule has 1 aliphatic rings. The Kier molecular flexibility index (Phi) is 5.91. The van der Waals surface area contributed by atoms with Gasteiger partial charge in [0.25, 0.3) is 5.91 Å². The van der Waals surface area contributed by atoms with Crippen LogP contribution in [-0.4, -0.2) is 25.6 Å². The summed E-state index contributed by atoms with van der Waals surface area (Å²) in [6.45, 7) is 6.35. The molecule has 0 atom stereocenters. The molecule has 1 N–H and O–H groups in total. The van der Waals surface area contributed by atoms with Gasteiger partial charge in [0.05, 0.1) is 23.4 Å². The molecule has 6 heteroatoms. The Balaban J connectivity index is 2.03. The first-order chi connectivity index (χ1) is 14.2. The lowest BCUT2D eigenvalue weighted by molar-refractivity contribution is -0.112. The smallest absolute Gasteiger partial charge is 0.266 e. The van der Waals surface area contributed by atoms with Crippen LogP contribution in [0.4, 0.5) is 11.4 Å². The van der Waals surface area contributed by atoms with E-state index in [1.54, 1.807) is 37.5 Å². The average molecular weight is 422 g/mol. The number of anilines is 2. The van der Waals surface area contributed by atoms with Gasteiger partial charge in [-0.15, -0.1) is 0 Å². The fraction of sp³-hybridized carbons (Fsp3) is 0.250. The van der Waals surface area contributed by atoms with Crippen LogP contribution in [0.5, 0.6) is 5.75 Å². The van der Waals surface area contributed by atoms with Gasteiger partial charge in [-0.25, -0.2) is 0 Å². The molecule has 0 spiro atoms. The van der Waals surface area contributed by atoms with Gasteiger partial charge in [-0.3, -0.25) is 4.79 Å². The van der Waals surface area contributed by atoms with Crippen LogP contribution in [0.1, 0.15) is 31.9 Å². The summed E-state index contributed by atoms with van der Waals surface area (Å²) in [7, 11) is 3.61. The average Bonchev–Trinajstić information content (AvgIpc) is 2.71. The van der Waals surface area contributed by atoms with E-state index in [1.807, 2.05) is 25.2 Å². The van der Waals surface area contributed by atoms with Crippen molar-refractivity contribution < 1.29 is 9.53 Å². The maximum Gasteiger partial charge on any atom is 0.266 e. The number of carbonyl (C=O) groups excluding carboxylic acids is 1. The minimum absolute atomic E-state index is 0.0423. The number of nitrogens with one attached hydrogen (secondary N) is 1. The van der Waals surface area contributed by atoms with Gasteiger partial charge in [-0.05, 0) is 50.6 Å². The topological polar surface area (TPSA) is 65.4 Å². The van der Waals surface area contributed by atoms with E-state index in [-0.39, 0.29) is 11.1 Å². The van der Waals surface area contributed by atoms with E-state index >= 15 is 0 Å². The number of nitrogens with zero attached hydrogens (tertiary/aromatic N) is 2. The van der Waals surface area contributed by atoms with Crippen molar-refractivity contribution in [2.75, 3.05) is 24.4 Å². The minimum Gasteiger partial charge on any atom is -0.496 e. The first-order valence-electron chi connectivity index (χ1n) is 9.51. The summed E-state index contributed by atoms with van der Waals surface area (Å²) in [6.07, 6.45) is 3.74. The van der Waals surface area contributed by atoms with E-state index in [0.29, 0.717) is 22.0 Å². The highest BCUT2D eigenvalue weighted by Gasteiger charge is 2.29. The molecule has 0 saturated heterocycles. The fourth-order valence-corrected chi connectivity index (χ4v) is 3.72. The van der Waals surface area contributed by atoms with E-state index in [4.69, 9.17) is 16.3 Å². The van der Waals surface area contributed by atoms with Crippen molar-refractivity contribution >= 4 is 40.5 Å². The highest BCUT2D eigenvalue weighted by Crippen LogP contribution is 2.41. The number of allylic oxidation sites excluding steroid dienone is 1. The number of benzene rings is 2. The number of fused-ring (bicyclic) bond motifs is 1. The predicted molar refractivity (Wildman–Crippen MR) is 123 cm³/mol. The molecule has 0 bridgehead atoms. The third kappa shape index (κ3) is 4.05. The molecule has 1 aliphatic heterocycles. The molecule has 0 aliphatic carbocycles. The van der Waals surface area contributed by atoms with E-state index in [9.17, 15) is 10.1 Å². The summed E-state index contributed by atoms with van der Waals surface area (Å²) in [4.78, 5) is 14.9. The predicted octanol–water partition coefficient (Wildman–Crippen LogP) is 5.53. The molecule has 0 aromatic heterocycles. The van der Waals surface area contributed by atoms with Gasteiger partial charge in [0.15, 0.2) is 0 Å². The van der Waals surface area contributed by atoms with Crippen molar-refractivity contribution in [1.29, 1.82) is 5.26 Å². The zero-order valence-corrected chi connectivity index (χ0v) is 18.5. The Bertz CT molecular complexity index is 1110. The summed E-state index contributed by atoms with van der Waals surface area (Å²) < 4.78 is 5.57. The largest absolute Gasteiger partial charge is 0.496 e. The van der Waals surface area contributed by atoms with Crippen molar-refractivity contribution in [2.24, 2.45) is 0 Å². The summed E-state index contributed by atoms with van der Waals surface area (Å²) in [5.41, 5.74) is 4.13. The normalized spacial score (nSPS) is 15.0. The zero-order valence-electron chi connectivity index (χ0n) is 17.7.